The summed E-state index contributed by atoms with van der Waals surface area (Å²) in [6, 6.07) is 1.53. The molecular weight excluding hydrogens is 268 g/mol. The van der Waals surface area contributed by atoms with E-state index >= 15 is 0 Å². The van der Waals surface area contributed by atoms with Crippen LogP contribution in [0.2, 0.25) is 0 Å². The number of carbonyl (C=O) groups excluding carboxylic acids is 1. The lowest BCUT2D eigenvalue weighted by atomic mass is 9.73. The topological polar surface area (TPSA) is 82.5 Å². The molecule has 0 aliphatic heterocycles. The average molecular weight is 290 g/mol. The molecule has 0 spiro atoms. The predicted molar refractivity (Wildman–Crippen MR) is 80.5 cm³/mol. The van der Waals surface area contributed by atoms with Crippen LogP contribution in [0.5, 0.6) is 5.75 Å². The first-order valence-corrected chi connectivity index (χ1v) is 7.28. The number of pyridine rings is 1. The van der Waals surface area contributed by atoms with Gasteiger partial charge in [0.05, 0.1) is 12.3 Å². The Balaban J connectivity index is 1.87. The lowest BCUT2D eigenvalue weighted by molar-refractivity contribution is -0.117. The van der Waals surface area contributed by atoms with Crippen LogP contribution < -0.4 is 5.32 Å². The molecule has 0 bridgehead atoms. The fraction of sp³-hybridized carbons (Fsp3) is 0.500. The Morgan fingerprint density at radius 3 is 3.05 bits per heavy atom. The second-order valence-corrected chi connectivity index (χ2v) is 5.94. The Hall–Kier alpha value is -1.88. The van der Waals surface area contributed by atoms with Crippen molar-refractivity contribution < 1.29 is 15.0 Å². The molecule has 2 atom stereocenters. The first-order valence-electron chi connectivity index (χ1n) is 7.28. The standard InChI is InChI=1S/C16H22N2O3/c1-16(7-3-2-4-14(16)20)11-18-15(21)6-5-12-8-13(19)10-17-9-12/h5-6,8-10,14,19-20H,2-4,7,11H2,1H3,(H,18,21)/b6-5+. The molecule has 5 nitrogen and oxygen atoms in total. The smallest absolute Gasteiger partial charge is 0.244 e. The number of aliphatic hydroxyl groups excluding tert-OH is 1. The minimum atomic E-state index is -0.356. The second kappa shape index (κ2) is 6.72. The van der Waals surface area contributed by atoms with Crippen molar-refractivity contribution in [3.05, 3.63) is 30.1 Å². The molecule has 0 radical (unpaired) electrons. The van der Waals surface area contributed by atoms with Crippen LogP contribution in [-0.2, 0) is 4.79 Å². The van der Waals surface area contributed by atoms with Gasteiger partial charge in [-0.2, -0.15) is 0 Å². The van der Waals surface area contributed by atoms with Gasteiger partial charge >= 0.3 is 0 Å². The SMILES string of the molecule is CC1(CNC(=O)/C=C/c2cncc(O)c2)CCCCC1O. The maximum absolute atomic E-state index is 11.8. The molecule has 0 aromatic carbocycles. The quantitative estimate of drug-likeness (QED) is 0.739. The van der Waals surface area contributed by atoms with Gasteiger partial charge in [0.15, 0.2) is 0 Å². The number of hydrogen-bond acceptors (Lipinski definition) is 4. The van der Waals surface area contributed by atoms with Crippen LogP contribution in [0.4, 0.5) is 0 Å². The number of carbonyl (C=O) groups is 1. The van der Waals surface area contributed by atoms with E-state index in [1.807, 2.05) is 6.92 Å². The van der Waals surface area contributed by atoms with Gasteiger partial charge in [-0.15, -0.1) is 0 Å². The van der Waals surface area contributed by atoms with Crippen LogP contribution in [0.25, 0.3) is 6.08 Å². The van der Waals surface area contributed by atoms with Crippen LogP contribution in [0.3, 0.4) is 0 Å². The third-order valence-corrected chi connectivity index (χ3v) is 4.12. The number of nitrogens with zero attached hydrogens (tertiary/aromatic N) is 1. The van der Waals surface area contributed by atoms with Crippen molar-refractivity contribution in [2.24, 2.45) is 5.41 Å². The molecule has 21 heavy (non-hydrogen) atoms. The third-order valence-electron chi connectivity index (χ3n) is 4.12. The molecule has 1 amide bonds. The molecule has 0 saturated heterocycles. The summed E-state index contributed by atoms with van der Waals surface area (Å²) in [6.07, 6.45) is 9.43. The highest BCUT2D eigenvalue weighted by molar-refractivity contribution is 5.91. The van der Waals surface area contributed by atoms with Gasteiger partial charge in [-0.3, -0.25) is 9.78 Å². The van der Waals surface area contributed by atoms with Gasteiger partial charge in [0.25, 0.3) is 0 Å². The summed E-state index contributed by atoms with van der Waals surface area (Å²) in [5, 5.41) is 22.2. The molecule has 2 rings (SSSR count). The van der Waals surface area contributed by atoms with Crippen molar-refractivity contribution in [3.8, 4) is 5.75 Å². The van der Waals surface area contributed by atoms with Gasteiger partial charge in [-0.05, 0) is 30.5 Å². The van der Waals surface area contributed by atoms with E-state index < -0.39 is 0 Å². The van der Waals surface area contributed by atoms with Crippen LogP contribution in [0, 0.1) is 5.41 Å². The number of aromatic hydroxyl groups is 1. The summed E-state index contributed by atoms with van der Waals surface area (Å²) in [7, 11) is 0. The lowest BCUT2D eigenvalue weighted by Crippen LogP contribution is -2.44. The van der Waals surface area contributed by atoms with Gasteiger partial charge in [0.2, 0.25) is 5.91 Å². The van der Waals surface area contributed by atoms with E-state index in [4.69, 9.17) is 0 Å². The van der Waals surface area contributed by atoms with E-state index in [1.165, 1.54) is 18.3 Å². The Morgan fingerprint density at radius 1 is 1.52 bits per heavy atom. The maximum atomic E-state index is 11.8. The summed E-state index contributed by atoms with van der Waals surface area (Å²) < 4.78 is 0. The van der Waals surface area contributed by atoms with Gasteiger partial charge in [-0.1, -0.05) is 19.8 Å². The van der Waals surface area contributed by atoms with Crippen molar-refractivity contribution in [1.82, 2.24) is 10.3 Å². The van der Waals surface area contributed by atoms with E-state index in [0.717, 1.165) is 25.7 Å². The fourth-order valence-corrected chi connectivity index (χ4v) is 2.64. The number of amides is 1. The summed E-state index contributed by atoms with van der Waals surface area (Å²) in [4.78, 5) is 15.7. The zero-order valence-corrected chi connectivity index (χ0v) is 12.2. The van der Waals surface area contributed by atoms with Crippen LogP contribution in [0.15, 0.2) is 24.5 Å². The van der Waals surface area contributed by atoms with Crippen LogP contribution >= 0.6 is 0 Å². The minimum Gasteiger partial charge on any atom is -0.506 e. The van der Waals surface area contributed by atoms with E-state index in [-0.39, 0.29) is 23.2 Å². The fourth-order valence-electron chi connectivity index (χ4n) is 2.64. The Labute approximate surface area is 124 Å². The number of aromatic nitrogens is 1. The minimum absolute atomic E-state index is 0.0652. The molecule has 3 N–H and O–H groups in total. The number of hydrogen-bond donors (Lipinski definition) is 3. The number of nitrogens with one attached hydrogen (secondary N) is 1. The predicted octanol–water partition coefficient (Wildman–Crippen LogP) is 1.86. The molecule has 1 aliphatic carbocycles. The van der Waals surface area contributed by atoms with E-state index in [2.05, 4.69) is 10.3 Å². The summed E-state index contributed by atoms with van der Waals surface area (Å²) >= 11 is 0. The Kier molecular flexibility index (Phi) is 4.96. The van der Waals surface area contributed by atoms with Crippen molar-refractivity contribution in [3.63, 3.8) is 0 Å². The highest BCUT2D eigenvalue weighted by Crippen LogP contribution is 2.35. The summed E-state index contributed by atoms with van der Waals surface area (Å²) in [5.74, 6) is -0.146. The molecular formula is C16H22N2O3. The molecule has 1 aromatic heterocycles. The normalized spacial score (nSPS) is 25.9. The van der Waals surface area contributed by atoms with Gasteiger partial charge in [0, 0.05) is 24.2 Å². The highest BCUT2D eigenvalue weighted by atomic mass is 16.3. The van der Waals surface area contributed by atoms with E-state index in [9.17, 15) is 15.0 Å². The third kappa shape index (κ3) is 4.29. The van der Waals surface area contributed by atoms with Crippen LogP contribution in [-0.4, -0.2) is 33.8 Å². The van der Waals surface area contributed by atoms with E-state index in [1.54, 1.807) is 12.3 Å². The van der Waals surface area contributed by atoms with Gasteiger partial charge < -0.3 is 15.5 Å². The number of aliphatic hydroxyl groups is 1. The molecule has 1 fully saturated rings. The summed E-state index contributed by atoms with van der Waals surface area (Å²) in [6.45, 7) is 2.48. The second-order valence-electron chi connectivity index (χ2n) is 5.94. The Morgan fingerprint density at radius 2 is 2.33 bits per heavy atom. The lowest BCUT2D eigenvalue weighted by Gasteiger charge is -2.38. The zero-order chi connectivity index (χ0) is 15.3. The van der Waals surface area contributed by atoms with Crippen molar-refractivity contribution in [2.75, 3.05) is 6.54 Å². The molecule has 5 heteroatoms. The summed E-state index contributed by atoms with van der Waals surface area (Å²) in [5.41, 5.74) is 0.419. The highest BCUT2D eigenvalue weighted by Gasteiger charge is 2.35. The van der Waals surface area contributed by atoms with Crippen LogP contribution in [0.1, 0.15) is 38.2 Å². The largest absolute Gasteiger partial charge is 0.506 e. The monoisotopic (exact) mass is 290 g/mol. The zero-order valence-electron chi connectivity index (χ0n) is 12.2. The molecule has 1 aliphatic rings. The Bertz CT molecular complexity index is 530. The van der Waals surface area contributed by atoms with Gasteiger partial charge in [-0.25, -0.2) is 0 Å². The molecule has 1 saturated carbocycles. The van der Waals surface area contributed by atoms with Crippen molar-refractivity contribution >= 4 is 12.0 Å². The molecule has 114 valence electrons. The first-order chi connectivity index (χ1) is 9.99. The van der Waals surface area contributed by atoms with Crippen molar-refractivity contribution in [1.29, 1.82) is 0 Å². The molecule has 1 heterocycles. The first kappa shape index (κ1) is 15.5. The molecule has 1 aromatic rings. The number of rotatable bonds is 4. The molecule has 2 unspecified atom stereocenters. The maximum Gasteiger partial charge on any atom is 0.244 e. The average Bonchev–Trinajstić information content (AvgIpc) is 2.46. The van der Waals surface area contributed by atoms with E-state index in [0.29, 0.717) is 12.1 Å². The van der Waals surface area contributed by atoms with Crippen molar-refractivity contribution in [2.45, 2.75) is 38.7 Å². The van der Waals surface area contributed by atoms with Gasteiger partial charge in [0.1, 0.15) is 5.75 Å².